The molecule has 2 rings (SSSR count). The van der Waals surface area contributed by atoms with Gasteiger partial charge in [0.15, 0.2) is 5.78 Å². The highest BCUT2D eigenvalue weighted by Gasteiger charge is 2.32. The largest absolute Gasteiger partial charge is 0.496 e. The van der Waals surface area contributed by atoms with E-state index in [9.17, 15) is 10.1 Å². The summed E-state index contributed by atoms with van der Waals surface area (Å²) >= 11 is 0. The molecule has 18 heavy (non-hydrogen) atoms. The summed E-state index contributed by atoms with van der Waals surface area (Å²) in [5.41, 5.74) is 0.614. The summed E-state index contributed by atoms with van der Waals surface area (Å²) in [6, 6.07) is 9.17. The molecule has 0 amide bonds. The van der Waals surface area contributed by atoms with Crippen LogP contribution in [0.15, 0.2) is 24.3 Å². The van der Waals surface area contributed by atoms with E-state index in [-0.39, 0.29) is 5.78 Å². The number of methoxy groups -OCH3 is 1. The van der Waals surface area contributed by atoms with Gasteiger partial charge in [-0.25, -0.2) is 0 Å². The molecule has 1 saturated heterocycles. The lowest BCUT2D eigenvalue weighted by Crippen LogP contribution is -2.25. The molecule has 0 N–H and O–H groups in total. The maximum Gasteiger partial charge on any atom is 0.183 e. The van der Waals surface area contributed by atoms with E-state index in [1.54, 1.807) is 18.2 Å². The third-order valence-electron chi connectivity index (χ3n) is 3.11. The van der Waals surface area contributed by atoms with Crippen LogP contribution >= 0.6 is 0 Å². The highest BCUT2D eigenvalue weighted by molar-refractivity contribution is 5.92. The lowest BCUT2D eigenvalue weighted by Gasteiger charge is -2.15. The molecule has 4 heteroatoms. The van der Waals surface area contributed by atoms with Gasteiger partial charge in [0.25, 0.3) is 0 Å². The molecule has 2 atom stereocenters. The summed E-state index contributed by atoms with van der Waals surface area (Å²) in [6.07, 6.45) is 1.13. The lowest BCUT2D eigenvalue weighted by atomic mass is 9.91. The highest BCUT2D eigenvalue weighted by atomic mass is 16.5. The third kappa shape index (κ3) is 2.36. The Bertz CT molecular complexity index is 472. The van der Waals surface area contributed by atoms with E-state index in [4.69, 9.17) is 9.47 Å². The van der Waals surface area contributed by atoms with Crippen molar-refractivity contribution in [3.8, 4) is 11.8 Å². The summed E-state index contributed by atoms with van der Waals surface area (Å²) in [5, 5.41) is 9.25. The van der Waals surface area contributed by atoms with Crippen LogP contribution in [0.2, 0.25) is 0 Å². The van der Waals surface area contributed by atoms with E-state index in [1.165, 1.54) is 7.11 Å². The zero-order valence-electron chi connectivity index (χ0n) is 10.3. The minimum Gasteiger partial charge on any atom is -0.496 e. The summed E-state index contributed by atoms with van der Waals surface area (Å²) in [7, 11) is 1.53. The molecule has 0 aromatic heterocycles. The van der Waals surface area contributed by atoms with E-state index >= 15 is 0 Å². The van der Waals surface area contributed by atoms with E-state index in [2.05, 4.69) is 6.07 Å². The number of carbonyl (C=O) groups is 1. The molecule has 0 spiro atoms. The van der Waals surface area contributed by atoms with Gasteiger partial charge >= 0.3 is 0 Å². The number of nitriles is 1. The van der Waals surface area contributed by atoms with Crippen LogP contribution in [0.4, 0.5) is 0 Å². The van der Waals surface area contributed by atoms with Crippen molar-refractivity contribution in [2.45, 2.75) is 24.9 Å². The van der Waals surface area contributed by atoms with Crippen LogP contribution in [-0.2, 0) is 9.53 Å². The Morgan fingerprint density at radius 1 is 1.56 bits per heavy atom. The number of hydrogen-bond acceptors (Lipinski definition) is 4. The van der Waals surface area contributed by atoms with Crippen LogP contribution in [0.5, 0.6) is 5.75 Å². The maximum absolute atomic E-state index is 12.2. The Kier molecular flexibility index (Phi) is 3.96. The number of ether oxygens (including phenoxy) is 2. The van der Waals surface area contributed by atoms with Gasteiger partial charge in [-0.15, -0.1) is 0 Å². The topological polar surface area (TPSA) is 59.3 Å². The standard InChI is InChI=1S/C14H15NO3/c1-17-12-6-3-2-5-10(12)11(9-15)14(16)13-7-4-8-18-13/h2-3,5-6,11,13H,4,7-8H2,1H3. The fourth-order valence-electron chi connectivity index (χ4n) is 2.18. The van der Waals surface area contributed by atoms with Gasteiger partial charge in [0.05, 0.1) is 13.2 Å². The molecule has 0 saturated carbocycles. The molecule has 1 aromatic rings. The Hall–Kier alpha value is -1.86. The predicted molar refractivity (Wildman–Crippen MR) is 65.3 cm³/mol. The zero-order valence-corrected chi connectivity index (χ0v) is 10.3. The maximum atomic E-state index is 12.2. The number of para-hydroxylation sites is 1. The van der Waals surface area contributed by atoms with Gasteiger partial charge in [-0.2, -0.15) is 5.26 Å². The highest BCUT2D eigenvalue weighted by Crippen LogP contribution is 2.29. The fourth-order valence-corrected chi connectivity index (χ4v) is 2.18. The number of rotatable bonds is 4. The van der Waals surface area contributed by atoms with Crippen LogP contribution in [0.1, 0.15) is 24.3 Å². The molecule has 1 heterocycles. The molecule has 94 valence electrons. The number of ketones is 1. The number of carbonyl (C=O) groups excluding carboxylic acids is 1. The summed E-state index contributed by atoms with van der Waals surface area (Å²) in [6.45, 7) is 0.598. The molecular formula is C14H15NO3. The van der Waals surface area contributed by atoms with Crippen molar-refractivity contribution in [1.82, 2.24) is 0 Å². The number of hydrogen-bond donors (Lipinski definition) is 0. The molecule has 0 aliphatic carbocycles. The summed E-state index contributed by atoms with van der Waals surface area (Å²) in [5.74, 6) is -0.417. The van der Waals surface area contributed by atoms with Gasteiger partial charge in [0.2, 0.25) is 0 Å². The van der Waals surface area contributed by atoms with Gasteiger partial charge in [-0.1, -0.05) is 18.2 Å². The normalized spacial score (nSPS) is 20.1. The van der Waals surface area contributed by atoms with Crippen LogP contribution < -0.4 is 4.74 Å². The predicted octanol–water partition coefficient (Wildman–Crippen LogP) is 2.05. The second-order valence-corrected chi connectivity index (χ2v) is 4.21. The summed E-state index contributed by atoms with van der Waals surface area (Å²) in [4.78, 5) is 12.2. The lowest BCUT2D eigenvalue weighted by molar-refractivity contribution is -0.128. The first-order valence-corrected chi connectivity index (χ1v) is 5.95. The monoisotopic (exact) mass is 245 g/mol. The molecule has 1 aliphatic heterocycles. The Morgan fingerprint density at radius 3 is 2.94 bits per heavy atom. The smallest absolute Gasteiger partial charge is 0.183 e. The van der Waals surface area contributed by atoms with Crippen molar-refractivity contribution < 1.29 is 14.3 Å². The molecule has 1 aromatic carbocycles. The van der Waals surface area contributed by atoms with E-state index in [1.807, 2.05) is 6.07 Å². The van der Waals surface area contributed by atoms with Crippen LogP contribution in [0, 0.1) is 11.3 Å². The Labute approximate surface area is 106 Å². The average Bonchev–Trinajstić information content (AvgIpc) is 2.94. The molecule has 0 radical (unpaired) electrons. The number of nitrogens with zero attached hydrogens (tertiary/aromatic N) is 1. The van der Waals surface area contributed by atoms with Crippen molar-refractivity contribution in [3.63, 3.8) is 0 Å². The van der Waals surface area contributed by atoms with Crippen LogP contribution in [0.25, 0.3) is 0 Å². The van der Waals surface area contributed by atoms with Crippen molar-refractivity contribution >= 4 is 5.78 Å². The molecule has 1 aliphatic rings. The van der Waals surface area contributed by atoms with Gasteiger partial charge < -0.3 is 9.47 Å². The first kappa shape index (κ1) is 12.6. The Morgan fingerprint density at radius 2 is 2.33 bits per heavy atom. The van der Waals surface area contributed by atoms with Gasteiger partial charge in [-0.3, -0.25) is 4.79 Å². The quantitative estimate of drug-likeness (QED) is 0.814. The van der Waals surface area contributed by atoms with E-state index in [0.717, 1.165) is 6.42 Å². The van der Waals surface area contributed by atoms with Crippen molar-refractivity contribution in [3.05, 3.63) is 29.8 Å². The molecule has 4 nitrogen and oxygen atoms in total. The molecular weight excluding hydrogens is 230 g/mol. The minimum atomic E-state index is -0.816. The van der Waals surface area contributed by atoms with Crippen LogP contribution in [0.3, 0.4) is 0 Å². The van der Waals surface area contributed by atoms with Crippen molar-refractivity contribution in [1.29, 1.82) is 5.26 Å². The Balaban J connectivity index is 2.27. The van der Waals surface area contributed by atoms with Crippen LogP contribution in [-0.4, -0.2) is 25.6 Å². The van der Waals surface area contributed by atoms with Crippen molar-refractivity contribution in [2.24, 2.45) is 0 Å². The molecule has 1 fully saturated rings. The molecule has 0 bridgehead atoms. The minimum absolute atomic E-state index is 0.167. The number of benzene rings is 1. The SMILES string of the molecule is COc1ccccc1C(C#N)C(=O)C1CCCO1. The second-order valence-electron chi connectivity index (χ2n) is 4.21. The van der Waals surface area contributed by atoms with E-state index < -0.39 is 12.0 Å². The van der Waals surface area contributed by atoms with Gasteiger partial charge in [0, 0.05) is 12.2 Å². The summed E-state index contributed by atoms with van der Waals surface area (Å²) < 4.78 is 10.5. The van der Waals surface area contributed by atoms with Gasteiger partial charge in [-0.05, 0) is 18.9 Å². The van der Waals surface area contributed by atoms with Crippen molar-refractivity contribution in [2.75, 3.05) is 13.7 Å². The first-order chi connectivity index (χ1) is 8.77. The number of Topliss-reactive ketones (excluding diaryl/α,β-unsaturated/α-hetero) is 1. The third-order valence-corrected chi connectivity index (χ3v) is 3.11. The zero-order chi connectivity index (χ0) is 13.0. The first-order valence-electron chi connectivity index (χ1n) is 5.95. The average molecular weight is 245 g/mol. The second kappa shape index (κ2) is 5.65. The van der Waals surface area contributed by atoms with Gasteiger partial charge in [0.1, 0.15) is 17.8 Å². The molecule has 2 unspecified atom stereocenters. The van der Waals surface area contributed by atoms with E-state index in [0.29, 0.717) is 24.3 Å². The fraction of sp³-hybridized carbons (Fsp3) is 0.429.